The second kappa shape index (κ2) is 11.2. The monoisotopic (exact) mass is 370 g/mol. The van der Waals surface area contributed by atoms with Crippen LogP contribution in [0.5, 0.6) is 11.5 Å². The second-order valence-corrected chi connectivity index (χ2v) is 6.25. The standard InChI is InChI=1S/C22H30N2O3/c1-4-24(5-2)14-15-27-21-13-9-7-11-19(21)17-23-22(25)16-18-10-6-8-12-20(18)26-3/h6-13H,4-5,14-17H2,1-3H3,(H,23,25). The molecule has 0 aliphatic heterocycles. The summed E-state index contributed by atoms with van der Waals surface area (Å²) in [5.41, 5.74) is 1.85. The van der Waals surface area contributed by atoms with Crippen LogP contribution < -0.4 is 14.8 Å². The molecule has 0 radical (unpaired) electrons. The normalized spacial score (nSPS) is 10.7. The van der Waals surface area contributed by atoms with E-state index >= 15 is 0 Å². The van der Waals surface area contributed by atoms with Crippen LogP contribution in [0.1, 0.15) is 25.0 Å². The third-order valence-electron chi connectivity index (χ3n) is 4.55. The first kappa shape index (κ1) is 20.8. The summed E-state index contributed by atoms with van der Waals surface area (Å²) in [7, 11) is 1.61. The van der Waals surface area contributed by atoms with E-state index in [1.165, 1.54) is 0 Å². The van der Waals surface area contributed by atoms with Gasteiger partial charge in [0.05, 0.1) is 13.5 Å². The first-order chi connectivity index (χ1) is 13.2. The number of carbonyl (C=O) groups excluding carboxylic acids is 1. The lowest BCUT2D eigenvalue weighted by Gasteiger charge is -2.19. The lowest BCUT2D eigenvalue weighted by Crippen LogP contribution is -2.28. The predicted octanol–water partition coefficient (Wildman–Crippen LogP) is 3.27. The number of rotatable bonds is 11. The van der Waals surface area contributed by atoms with Gasteiger partial charge in [-0.2, -0.15) is 0 Å². The van der Waals surface area contributed by atoms with Crippen molar-refractivity contribution in [2.45, 2.75) is 26.8 Å². The van der Waals surface area contributed by atoms with Gasteiger partial charge >= 0.3 is 0 Å². The number of nitrogens with one attached hydrogen (secondary N) is 1. The number of hydrogen-bond acceptors (Lipinski definition) is 4. The molecule has 0 aliphatic carbocycles. The Morgan fingerprint density at radius 1 is 0.963 bits per heavy atom. The fourth-order valence-corrected chi connectivity index (χ4v) is 2.89. The van der Waals surface area contributed by atoms with E-state index in [1.807, 2.05) is 48.5 Å². The summed E-state index contributed by atoms with van der Waals surface area (Å²) >= 11 is 0. The van der Waals surface area contributed by atoms with Crippen LogP contribution in [0.3, 0.4) is 0 Å². The van der Waals surface area contributed by atoms with Gasteiger partial charge in [0.25, 0.3) is 0 Å². The minimum absolute atomic E-state index is 0.0440. The number of likely N-dealkylation sites (N-methyl/N-ethyl adjacent to an activating group) is 1. The molecule has 0 aromatic heterocycles. The zero-order chi connectivity index (χ0) is 19.5. The van der Waals surface area contributed by atoms with Gasteiger partial charge in [0.2, 0.25) is 5.91 Å². The molecule has 1 N–H and O–H groups in total. The summed E-state index contributed by atoms with van der Waals surface area (Å²) in [4.78, 5) is 14.6. The highest BCUT2D eigenvalue weighted by molar-refractivity contribution is 5.79. The van der Waals surface area contributed by atoms with Crippen molar-refractivity contribution in [1.29, 1.82) is 0 Å². The Balaban J connectivity index is 1.89. The first-order valence-electron chi connectivity index (χ1n) is 9.49. The number of amides is 1. The lowest BCUT2D eigenvalue weighted by molar-refractivity contribution is -0.120. The van der Waals surface area contributed by atoms with Crippen LogP contribution in [0.25, 0.3) is 0 Å². The Labute approximate surface area is 162 Å². The summed E-state index contributed by atoms with van der Waals surface area (Å²) in [6.07, 6.45) is 0.287. The van der Waals surface area contributed by atoms with E-state index in [9.17, 15) is 4.79 Å². The highest BCUT2D eigenvalue weighted by Gasteiger charge is 2.10. The third-order valence-corrected chi connectivity index (χ3v) is 4.55. The van der Waals surface area contributed by atoms with E-state index in [-0.39, 0.29) is 12.3 Å². The van der Waals surface area contributed by atoms with Gasteiger partial charge < -0.3 is 19.7 Å². The molecular formula is C22H30N2O3. The number of nitrogens with zero attached hydrogens (tertiary/aromatic N) is 1. The van der Waals surface area contributed by atoms with Crippen molar-refractivity contribution in [2.24, 2.45) is 0 Å². The fraction of sp³-hybridized carbons (Fsp3) is 0.409. The number of methoxy groups -OCH3 is 1. The molecule has 2 aromatic rings. The van der Waals surface area contributed by atoms with Crippen molar-refractivity contribution >= 4 is 5.91 Å². The largest absolute Gasteiger partial charge is 0.496 e. The molecule has 0 unspecified atom stereocenters. The molecule has 5 heteroatoms. The number of benzene rings is 2. The molecule has 0 atom stereocenters. The molecule has 0 fully saturated rings. The molecular weight excluding hydrogens is 340 g/mol. The molecule has 0 bridgehead atoms. The van der Waals surface area contributed by atoms with Crippen LogP contribution in [0.15, 0.2) is 48.5 Å². The highest BCUT2D eigenvalue weighted by Crippen LogP contribution is 2.19. The Morgan fingerprint density at radius 2 is 1.59 bits per heavy atom. The highest BCUT2D eigenvalue weighted by atomic mass is 16.5. The van der Waals surface area contributed by atoms with Crippen molar-refractivity contribution in [3.8, 4) is 11.5 Å². The number of hydrogen-bond donors (Lipinski definition) is 1. The second-order valence-electron chi connectivity index (χ2n) is 6.25. The van der Waals surface area contributed by atoms with Gasteiger partial charge in [-0.3, -0.25) is 4.79 Å². The van der Waals surface area contributed by atoms with Gasteiger partial charge in [-0.1, -0.05) is 50.2 Å². The van der Waals surface area contributed by atoms with E-state index < -0.39 is 0 Å². The van der Waals surface area contributed by atoms with Crippen LogP contribution in [0.4, 0.5) is 0 Å². The molecule has 0 saturated heterocycles. The number of para-hydroxylation sites is 2. The average molecular weight is 370 g/mol. The molecule has 146 valence electrons. The minimum atomic E-state index is -0.0440. The van der Waals surface area contributed by atoms with Gasteiger partial charge in [-0.15, -0.1) is 0 Å². The predicted molar refractivity (Wildman–Crippen MR) is 108 cm³/mol. The quantitative estimate of drug-likeness (QED) is 0.660. The topological polar surface area (TPSA) is 50.8 Å². The zero-order valence-corrected chi connectivity index (χ0v) is 16.5. The maximum absolute atomic E-state index is 12.3. The maximum Gasteiger partial charge on any atom is 0.224 e. The van der Waals surface area contributed by atoms with Gasteiger partial charge in [0.1, 0.15) is 18.1 Å². The van der Waals surface area contributed by atoms with E-state index in [0.29, 0.717) is 13.2 Å². The number of carbonyl (C=O) groups is 1. The average Bonchev–Trinajstić information content (AvgIpc) is 2.71. The number of ether oxygens (including phenoxy) is 2. The molecule has 0 aliphatic rings. The Hall–Kier alpha value is -2.53. The van der Waals surface area contributed by atoms with E-state index in [2.05, 4.69) is 24.1 Å². The SMILES string of the molecule is CCN(CC)CCOc1ccccc1CNC(=O)Cc1ccccc1OC. The van der Waals surface area contributed by atoms with Crippen molar-refractivity contribution in [3.63, 3.8) is 0 Å². The van der Waals surface area contributed by atoms with E-state index in [4.69, 9.17) is 9.47 Å². The van der Waals surface area contributed by atoms with Crippen molar-refractivity contribution in [1.82, 2.24) is 10.2 Å². The van der Waals surface area contributed by atoms with Gasteiger partial charge in [-0.25, -0.2) is 0 Å². The van der Waals surface area contributed by atoms with Crippen LogP contribution in [0.2, 0.25) is 0 Å². The summed E-state index contributed by atoms with van der Waals surface area (Å²) in [5, 5.41) is 2.98. The third kappa shape index (κ3) is 6.61. The van der Waals surface area contributed by atoms with Crippen molar-refractivity contribution < 1.29 is 14.3 Å². The molecule has 2 rings (SSSR count). The van der Waals surface area contributed by atoms with Crippen molar-refractivity contribution in [2.75, 3.05) is 33.4 Å². The summed E-state index contributed by atoms with van der Waals surface area (Å²) in [6.45, 7) is 8.29. The first-order valence-corrected chi connectivity index (χ1v) is 9.49. The molecule has 1 amide bonds. The summed E-state index contributed by atoms with van der Waals surface area (Å²) in [6, 6.07) is 15.4. The van der Waals surface area contributed by atoms with Crippen molar-refractivity contribution in [3.05, 3.63) is 59.7 Å². The van der Waals surface area contributed by atoms with E-state index in [1.54, 1.807) is 7.11 Å². The summed E-state index contributed by atoms with van der Waals surface area (Å²) < 4.78 is 11.3. The zero-order valence-electron chi connectivity index (χ0n) is 16.5. The van der Waals surface area contributed by atoms with E-state index in [0.717, 1.165) is 42.3 Å². The Kier molecular flexibility index (Phi) is 8.65. The molecule has 2 aromatic carbocycles. The van der Waals surface area contributed by atoms with Crippen LogP contribution >= 0.6 is 0 Å². The Morgan fingerprint density at radius 3 is 2.26 bits per heavy atom. The van der Waals surface area contributed by atoms with Gasteiger partial charge in [0.15, 0.2) is 0 Å². The smallest absolute Gasteiger partial charge is 0.224 e. The van der Waals surface area contributed by atoms with Crippen LogP contribution in [0, 0.1) is 0 Å². The molecule has 27 heavy (non-hydrogen) atoms. The van der Waals surface area contributed by atoms with Gasteiger partial charge in [0, 0.05) is 24.2 Å². The molecule has 0 spiro atoms. The maximum atomic E-state index is 12.3. The van der Waals surface area contributed by atoms with Crippen LogP contribution in [-0.2, 0) is 17.8 Å². The summed E-state index contributed by atoms with van der Waals surface area (Å²) in [5.74, 6) is 1.51. The van der Waals surface area contributed by atoms with Crippen LogP contribution in [-0.4, -0.2) is 44.2 Å². The fourth-order valence-electron chi connectivity index (χ4n) is 2.89. The van der Waals surface area contributed by atoms with Gasteiger partial charge in [-0.05, 0) is 25.2 Å². The minimum Gasteiger partial charge on any atom is -0.496 e. The molecule has 0 saturated carbocycles. The Bertz CT molecular complexity index is 714. The lowest BCUT2D eigenvalue weighted by atomic mass is 10.1. The molecule has 5 nitrogen and oxygen atoms in total. The molecule has 0 heterocycles.